The maximum atomic E-state index is 14.0. The second kappa shape index (κ2) is 7.98. The van der Waals surface area contributed by atoms with Crippen LogP contribution in [0, 0.1) is 11.6 Å². The molecule has 1 aromatic carbocycles. The number of nitrogens with zero attached hydrogens (tertiary/aromatic N) is 3. The van der Waals surface area contributed by atoms with Gasteiger partial charge in [0, 0.05) is 19.2 Å². The molecular weight excluding hydrogens is 406 g/mol. The molecule has 1 saturated heterocycles. The number of alkyl carbamates (subject to hydrolysis) is 1. The second-order valence-electron chi connectivity index (χ2n) is 7.73. The van der Waals surface area contributed by atoms with Gasteiger partial charge in [-0.15, -0.1) is 0 Å². The topological polar surface area (TPSA) is 76.5 Å². The molecule has 0 radical (unpaired) electrons. The summed E-state index contributed by atoms with van der Waals surface area (Å²) in [6.45, 7) is 6.28. The molecular formula is C19H21ClF2N4O3. The predicted octanol–water partition coefficient (Wildman–Crippen LogP) is 3.27. The molecule has 0 unspecified atom stereocenters. The fourth-order valence-electron chi connectivity index (χ4n) is 3.04. The van der Waals surface area contributed by atoms with Crippen LogP contribution in [0.2, 0.25) is 5.02 Å². The molecule has 10 heteroatoms. The number of halogens is 3. The minimum Gasteiger partial charge on any atom is -0.444 e. The van der Waals surface area contributed by atoms with Gasteiger partial charge in [-0.2, -0.15) is 9.78 Å². The summed E-state index contributed by atoms with van der Waals surface area (Å²) in [7, 11) is 0. The van der Waals surface area contributed by atoms with Gasteiger partial charge >= 0.3 is 6.09 Å². The van der Waals surface area contributed by atoms with Crippen molar-refractivity contribution >= 4 is 23.4 Å². The molecule has 1 aliphatic heterocycles. The zero-order chi connectivity index (χ0) is 21.3. The van der Waals surface area contributed by atoms with Crippen LogP contribution >= 0.6 is 11.6 Å². The van der Waals surface area contributed by atoms with Gasteiger partial charge in [-0.3, -0.25) is 4.79 Å². The van der Waals surface area contributed by atoms with Crippen molar-refractivity contribution in [2.45, 2.75) is 38.8 Å². The van der Waals surface area contributed by atoms with E-state index in [9.17, 15) is 18.4 Å². The van der Waals surface area contributed by atoms with Crippen LogP contribution in [0.3, 0.4) is 0 Å². The van der Waals surface area contributed by atoms with Crippen LogP contribution in [0.5, 0.6) is 0 Å². The van der Waals surface area contributed by atoms with E-state index in [0.29, 0.717) is 31.3 Å². The van der Waals surface area contributed by atoms with E-state index in [1.807, 2.05) is 4.90 Å². The molecule has 2 aromatic rings. The first kappa shape index (κ1) is 21.0. The second-order valence-corrected chi connectivity index (χ2v) is 8.11. The SMILES string of the molecule is CC(C)(C)OC(=O)N[C@H]1CCN(c2cnn(-c3ccc(F)cc3F)c(=O)c2Cl)C1. The number of carbonyl (C=O) groups excluding carboxylic acids is 1. The highest BCUT2D eigenvalue weighted by Gasteiger charge is 2.28. The van der Waals surface area contributed by atoms with Crippen molar-refractivity contribution in [1.82, 2.24) is 15.1 Å². The Balaban J connectivity index is 1.77. The van der Waals surface area contributed by atoms with Crippen molar-refractivity contribution in [3.05, 3.63) is 51.4 Å². The van der Waals surface area contributed by atoms with Crippen molar-refractivity contribution in [3.63, 3.8) is 0 Å². The Morgan fingerprint density at radius 2 is 2.03 bits per heavy atom. The summed E-state index contributed by atoms with van der Waals surface area (Å²) in [6.07, 6.45) is 1.46. The van der Waals surface area contributed by atoms with Gasteiger partial charge in [0.1, 0.15) is 22.1 Å². The highest BCUT2D eigenvalue weighted by atomic mass is 35.5. The largest absolute Gasteiger partial charge is 0.444 e. The number of ether oxygens (including phenoxy) is 1. The van der Waals surface area contributed by atoms with E-state index >= 15 is 0 Å². The molecule has 7 nitrogen and oxygen atoms in total. The molecule has 1 fully saturated rings. The predicted molar refractivity (Wildman–Crippen MR) is 105 cm³/mol. The lowest BCUT2D eigenvalue weighted by molar-refractivity contribution is 0.0509. The quantitative estimate of drug-likeness (QED) is 0.815. The Morgan fingerprint density at radius 3 is 2.69 bits per heavy atom. The van der Waals surface area contributed by atoms with Crippen LogP contribution in [0.1, 0.15) is 27.2 Å². The first-order valence-electron chi connectivity index (χ1n) is 9.03. The number of hydrogen-bond acceptors (Lipinski definition) is 5. The Kier molecular flexibility index (Phi) is 5.79. The molecule has 29 heavy (non-hydrogen) atoms. The maximum absolute atomic E-state index is 14.0. The van der Waals surface area contributed by atoms with Gasteiger partial charge in [-0.25, -0.2) is 13.6 Å². The maximum Gasteiger partial charge on any atom is 0.407 e. The molecule has 156 valence electrons. The van der Waals surface area contributed by atoms with Crippen LogP contribution in [0.25, 0.3) is 5.69 Å². The van der Waals surface area contributed by atoms with Crippen LogP contribution in [0.15, 0.2) is 29.2 Å². The molecule has 1 atom stereocenters. The minimum atomic E-state index is -0.925. The first-order chi connectivity index (χ1) is 13.5. The number of anilines is 1. The highest BCUT2D eigenvalue weighted by Crippen LogP contribution is 2.26. The number of hydrogen-bond donors (Lipinski definition) is 1. The number of nitrogens with one attached hydrogen (secondary N) is 1. The van der Waals surface area contributed by atoms with Crippen molar-refractivity contribution in [2.24, 2.45) is 0 Å². The lowest BCUT2D eigenvalue weighted by atomic mass is 10.2. The van der Waals surface area contributed by atoms with Crippen LogP contribution < -0.4 is 15.8 Å². The summed E-state index contributed by atoms with van der Waals surface area (Å²) in [5.41, 5.74) is -1.15. The molecule has 0 spiro atoms. The number of carbonyl (C=O) groups is 1. The number of benzene rings is 1. The van der Waals surface area contributed by atoms with Gasteiger partial charge < -0.3 is 15.0 Å². The van der Waals surface area contributed by atoms with Crippen molar-refractivity contribution in [1.29, 1.82) is 0 Å². The Bertz CT molecular complexity index is 990. The fraction of sp³-hybridized carbons (Fsp3) is 0.421. The molecule has 2 heterocycles. The number of amides is 1. The van der Waals surface area contributed by atoms with E-state index in [4.69, 9.17) is 16.3 Å². The van der Waals surface area contributed by atoms with E-state index in [1.165, 1.54) is 6.20 Å². The zero-order valence-electron chi connectivity index (χ0n) is 16.2. The Hall–Kier alpha value is -2.68. The van der Waals surface area contributed by atoms with Crippen LogP contribution in [-0.4, -0.2) is 40.6 Å². The number of rotatable bonds is 3. The Labute approximate surface area is 171 Å². The van der Waals surface area contributed by atoms with Gasteiger partial charge in [0.15, 0.2) is 5.82 Å². The molecule has 1 amide bonds. The van der Waals surface area contributed by atoms with Crippen LogP contribution in [0.4, 0.5) is 19.3 Å². The van der Waals surface area contributed by atoms with Gasteiger partial charge in [-0.1, -0.05) is 11.6 Å². The number of aromatic nitrogens is 2. The molecule has 0 aliphatic carbocycles. The lowest BCUT2D eigenvalue weighted by Gasteiger charge is -2.22. The van der Waals surface area contributed by atoms with Crippen molar-refractivity contribution < 1.29 is 18.3 Å². The van der Waals surface area contributed by atoms with Gasteiger partial charge in [0.25, 0.3) is 5.56 Å². The minimum absolute atomic E-state index is 0.137. The molecule has 3 rings (SSSR count). The third kappa shape index (κ3) is 4.84. The normalized spacial score (nSPS) is 16.8. The first-order valence-corrected chi connectivity index (χ1v) is 9.40. The van der Waals surface area contributed by atoms with E-state index in [0.717, 1.165) is 16.8 Å². The monoisotopic (exact) mass is 426 g/mol. The van der Waals surface area contributed by atoms with E-state index in [-0.39, 0.29) is 16.8 Å². The standard InChI is InChI=1S/C19H21ClF2N4O3/c1-19(2,3)29-18(28)24-12-6-7-25(10-12)15-9-23-26(17(27)16(15)20)14-5-4-11(21)8-13(14)22/h4-5,8-9,12H,6-7,10H2,1-3H3,(H,24,28)/t12-/m0/s1. The lowest BCUT2D eigenvalue weighted by Crippen LogP contribution is -2.40. The van der Waals surface area contributed by atoms with E-state index in [1.54, 1.807) is 20.8 Å². The molecule has 1 aromatic heterocycles. The van der Waals surface area contributed by atoms with Crippen LogP contribution in [-0.2, 0) is 4.74 Å². The van der Waals surface area contributed by atoms with Gasteiger partial charge in [0.05, 0.1) is 17.9 Å². The molecule has 1 N–H and O–H groups in total. The summed E-state index contributed by atoms with van der Waals surface area (Å²) in [5, 5.41) is 6.63. The fourth-order valence-corrected chi connectivity index (χ4v) is 3.29. The zero-order valence-corrected chi connectivity index (χ0v) is 17.0. The average molecular weight is 427 g/mol. The third-order valence-electron chi connectivity index (χ3n) is 4.29. The molecule has 0 bridgehead atoms. The smallest absolute Gasteiger partial charge is 0.407 e. The molecule has 0 saturated carbocycles. The van der Waals surface area contributed by atoms with Crippen molar-refractivity contribution in [3.8, 4) is 5.69 Å². The summed E-state index contributed by atoms with van der Waals surface area (Å²) >= 11 is 6.23. The van der Waals surface area contributed by atoms with Gasteiger partial charge in [0.2, 0.25) is 0 Å². The summed E-state index contributed by atoms with van der Waals surface area (Å²) in [4.78, 5) is 26.3. The summed E-state index contributed by atoms with van der Waals surface area (Å²) in [5.74, 6) is -1.69. The molecule has 1 aliphatic rings. The van der Waals surface area contributed by atoms with Crippen molar-refractivity contribution in [2.75, 3.05) is 18.0 Å². The summed E-state index contributed by atoms with van der Waals surface area (Å²) in [6, 6.07) is 2.63. The van der Waals surface area contributed by atoms with E-state index in [2.05, 4.69) is 10.4 Å². The Morgan fingerprint density at radius 1 is 1.31 bits per heavy atom. The van der Waals surface area contributed by atoms with E-state index < -0.39 is 28.9 Å². The third-order valence-corrected chi connectivity index (χ3v) is 4.64. The highest BCUT2D eigenvalue weighted by molar-refractivity contribution is 6.33. The summed E-state index contributed by atoms with van der Waals surface area (Å²) < 4.78 is 33.1. The van der Waals surface area contributed by atoms with Gasteiger partial charge in [-0.05, 0) is 39.3 Å². The average Bonchev–Trinajstić information content (AvgIpc) is 3.04.